The average molecular weight is 387 g/mol. The van der Waals surface area contributed by atoms with Gasteiger partial charge in [0.2, 0.25) is 5.91 Å². The van der Waals surface area contributed by atoms with Gasteiger partial charge in [0.1, 0.15) is 11.5 Å². The molecule has 4 aromatic rings. The van der Waals surface area contributed by atoms with Crippen molar-refractivity contribution in [1.82, 2.24) is 9.38 Å². The Hall–Kier alpha value is -3.47. The van der Waals surface area contributed by atoms with Crippen LogP contribution in [0.15, 0.2) is 60.8 Å². The number of anilines is 1. The minimum absolute atomic E-state index is 0.128. The molecule has 0 atom stereocenters. The number of benzene rings is 2. The molecule has 29 heavy (non-hydrogen) atoms. The van der Waals surface area contributed by atoms with Crippen molar-refractivity contribution >= 4 is 17.2 Å². The molecule has 0 spiro atoms. The Labute approximate surface area is 169 Å². The largest absolute Gasteiger partial charge is 0.326 e. The van der Waals surface area contributed by atoms with Gasteiger partial charge < -0.3 is 9.72 Å². The second-order valence-corrected chi connectivity index (χ2v) is 7.33. The monoisotopic (exact) mass is 387 g/mol. The van der Waals surface area contributed by atoms with E-state index in [1.165, 1.54) is 23.3 Å². The number of hydrogen-bond acceptors (Lipinski definition) is 2. The lowest BCUT2D eigenvalue weighted by Gasteiger charge is -2.09. The van der Waals surface area contributed by atoms with E-state index in [2.05, 4.69) is 31.3 Å². The molecule has 4 nitrogen and oxygen atoms in total. The zero-order valence-electron chi connectivity index (χ0n) is 16.7. The van der Waals surface area contributed by atoms with Gasteiger partial charge in [0, 0.05) is 17.4 Å². The zero-order valence-corrected chi connectivity index (χ0v) is 16.7. The Morgan fingerprint density at radius 3 is 2.59 bits per heavy atom. The number of fused-ring (bicyclic) bond motifs is 1. The highest BCUT2D eigenvalue weighted by molar-refractivity contribution is 5.93. The first-order chi connectivity index (χ1) is 13.9. The SMILES string of the molecule is Cc1ccc(-c2nc3c(C)cccn3c2CC(=O)Nc2cccc(F)c2)cc1C. The fourth-order valence-electron chi connectivity index (χ4n) is 3.47. The van der Waals surface area contributed by atoms with Gasteiger partial charge in [0.25, 0.3) is 0 Å². The van der Waals surface area contributed by atoms with Crippen molar-refractivity contribution in [2.45, 2.75) is 27.2 Å². The lowest BCUT2D eigenvalue weighted by atomic mass is 10.0. The highest BCUT2D eigenvalue weighted by Crippen LogP contribution is 2.28. The Kier molecular flexibility index (Phi) is 4.89. The van der Waals surface area contributed by atoms with Crippen molar-refractivity contribution < 1.29 is 9.18 Å². The Morgan fingerprint density at radius 1 is 1.00 bits per heavy atom. The molecule has 0 fully saturated rings. The molecule has 0 saturated heterocycles. The number of nitrogens with one attached hydrogen (secondary N) is 1. The molecule has 0 bridgehead atoms. The molecular formula is C24H22FN3O. The number of hydrogen-bond donors (Lipinski definition) is 1. The predicted molar refractivity (Wildman–Crippen MR) is 114 cm³/mol. The minimum Gasteiger partial charge on any atom is -0.326 e. The van der Waals surface area contributed by atoms with E-state index in [0.29, 0.717) is 5.69 Å². The van der Waals surface area contributed by atoms with Crippen molar-refractivity contribution in [3.05, 3.63) is 89.0 Å². The average Bonchev–Trinajstić information content (AvgIpc) is 3.04. The van der Waals surface area contributed by atoms with E-state index in [1.807, 2.05) is 35.7 Å². The minimum atomic E-state index is -0.385. The molecule has 2 aromatic heterocycles. The van der Waals surface area contributed by atoms with Crippen molar-refractivity contribution in [3.8, 4) is 11.3 Å². The number of carbonyl (C=O) groups is 1. The summed E-state index contributed by atoms with van der Waals surface area (Å²) in [5.74, 6) is -0.604. The maximum atomic E-state index is 13.4. The van der Waals surface area contributed by atoms with Gasteiger partial charge in [0.15, 0.2) is 0 Å². The van der Waals surface area contributed by atoms with Gasteiger partial charge in [0.05, 0.1) is 17.8 Å². The predicted octanol–water partition coefficient (Wildman–Crippen LogP) is 5.25. The van der Waals surface area contributed by atoms with E-state index in [1.54, 1.807) is 12.1 Å². The topological polar surface area (TPSA) is 46.4 Å². The number of aryl methyl sites for hydroxylation is 3. The number of pyridine rings is 1. The summed E-state index contributed by atoms with van der Waals surface area (Å²) in [6.07, 6.45) is 2.05. The van der Waals surface area contributed by atoms with Gasteiger partial charge in [-0.1, -0.05) is 24.3 Å². The van der Waals surface area contributed by atoms with E-state index in [-0.39, 0.29) is 18.1 Å². The third kappa shape index (κ3) is 3.76. The zero-order chi connectivity index (χ0) is 20.5. The van der Waals surface area contributed by atoms with Crippen LogP contribution in [-0.4, -0.2) is 15.3 Å². The molecule has 0 aliphatic heterocycles. The van der Waals surface area contributed by atoms with E-state index in [0.717, 1.165) is 28.2 Å². The summed E-state index contributed by atoms with van der Waals surface area (Å²) in [7, 11) is 0. The lowest BCUT2D eigenvalue weighted by Crippen LogP contribution is -2.16. The molecule has 1 N–H and O–H groups in total. The molecule has 5 heteroatoms. The molecular weight excluding hydrogens is 365 g/mol. The van der Waals surface area contributed by atoms with Crippen LogP contribution in [0.1, 0.15) is 22.4 Å². The van der Waals surface area contributed by atoms with Crippen LogP contribution in [0, 0.1) is 26.6 Å². The number of amides is 1. The third-order valence-corrected chi connectivity index (χ3v) is 5.16. The second kappa shape index (κ2) is 7.51. The molecule has 1 amide bonds. The van der Waals surface area contributed by atoms with Crippen molar-refractivity contribution in [1.29, 1.82) is 0 Å². The van der Waals surface area contributed by atoms with Gasteiger partial charge in [-0.2, -0.15) is 0 Å². The summed E-state index contributed by atoms with van der Waals surface area (Å²) >= 11 is 0. The van der Waals surface area contributed by atoms with Crippen LogP contribution >= 0.6 is 0 Å². The van der Waals surface area contributed by atoms with Crippen LogP contribution in [0.5, 0.6) is 0 Å². The van der Waals surface area contributed by atoms with Crippen LogP contribution in [0.4, 0.5) is 10.1 Å². The molecule has 2 heterocycles. The third-order valence-electron chi connectivity index (χ3n) is 5.16. The van der Waals surface area contributed by atoms with E-state index >= 15 is 0 Å². The molecule has 0 radical (unpaired) electrons. The number of aromatic nitrogens is 2. The maximum Gasteiger partial charge on any atom is 0.230 e. The fourth-order valence-corrected chi connectivity index (χ4v) is 3.47. The Morgan fingerprint density at radius 2 is 1.83 bits per heavy atom. The first-order valence-electron chi connectivity index (χ1n) is 9.52. The first kappa shape index (κ1) is 18.9. The van der Waals surface area contributed by atoms with Crippen molar-refractivity contribution in [3.63, 3.8) is 0 Å². The van der Waals surface area contributed by atoms with E-state index in [4.69, 9.17) is 4.98 Å². The van der Waals surface area contributed by atoms with E-state index in [9.17, 15) is 9.18 Å². The van der Waals surface area contributed by atoms with Gasteiger partial charge in [-0.05, 0) is 67.8 Å². The summed E-state index contributed by atoms with van der Waals surface area (Å²) in [6, 6.07) is 16.0. The van der Waals surface area contributed by atoms with Crippen LogP contribution in [0.3, 0.4) is 0 Å². The van der Waals surface area contributed by atoms with Gasteiger partial charge >= 0.3 is 0 Å². The number of imidazole rings is 1. The molecule has 0 aliphatic rings. The standard InChI is InChI=1S/C24H22FN3O/c1-15-9-10-18(12-17(15)3)23-21(28-11-5-6-16(2)24(28)27-23)14-22(29)26-20-8-4-7-19(25)13-20/h4-13H,14H2,1-3H3,(H,26,29). The van der Waals surface area contributed by atoms with Gasteiger partial charge in [-0.15, -0.1) is 0 Å². The van der Waals surface area contributed by atoms with E-state index < -0.39 is 0 Å². The van der Waals surface area contributed by atoms with Crippen molar-refractivity contribution in [2.24, 2.45) is 0 Å². The van der Waals surface area contributed by atoms with Crippen LogP contribution < -0.4 is 5.32 Å². The Balaban J connectivity index is 1.76. The Bertz CT molecular complexity index is 1230. The van der Waals surface area contributed by atoms with Crippen LogP contribution in [-0.2, 0) is 11.2 Å². The summed E-state index contributed by atoms with van der Waals surface area (Å²) in [5, 5.41) is 2.78. The summed E-state index contributed by atoms with van der Waals surface area (Å²) in [5.41, 5.74) is 7.25. The lowest BCUT2D eigenvalue weighted by molar-refractivity contribution is -0.115. The first-order valence-corrected chi connectivity index (χ1v) is 9.52. The number of halogens is 1. The summed E-state index contributed by atoms with van der Waals surface area (Å²) in [4.78, 5) is 17.6. The number of carbonyl (C=O) groups excluding carboxylic acids is 1. The highest BCUT2D eigenvalue weighted by Gasteiger charge is 2.18. The molecule has 2 aromatic carbocycles. The molecule has 0 saturated carbocycles. The summed E-state index contributed by atoms with van der Waals surface area (Å²) in [6.45, 7) is 6.14. The normalized spacial score (nSPS) is 11.0. The molecule has 0 aliphatic carbocycles. The smallest absolute Gasteiger partial charge is 0.230 e. The quantitative estimate of drug-likeness (QED) is 0.520. The summed E-state index contributed by atoms with van der Waals surface area (Å²) < 4.78 is 15.4. The van der Waals surface area contributed by atoms with Crippen molar-refractivity contribution in [2.75, 3.05) is 5.32 Å². The fraction of sp³-hybridized carbons (Fsp3) is 0.167. The maximum absolute atomic E-state index is 13.4. The highest BCUT2D eigenvalue weighted by atomic mass is 19.1. The molecule has 4 rings (SSSR count). The molecule has 0 unspecified atom stereocenters. The van der Waals surface area contributed by atoms with Gasteiger partial charge in [-0.25, -0.2) is 9.37 Å². The number of nitrogens with zero attached hydrogens (tertiary/aromatic N) is 2. The van der Waals surface area contributed by atoms with Gasteiger partial charge in [-0.3, -0.25) is 4.79 Å². The van der Waals surface area contributed by atoms with Crippen LogP contribution in [0.25, 0.3) is 16.9 Å². The second-order valence-electron chi connectivity index (χ2n) is 7.33. The number of rotatable bonds is 4. The van der Waals surface area contributed by atoms with Crippen LogP contribution in [0.2, 0.25) is 0 Å². The molecule has 146 valence electrons.